The topological polar surface area (TPSA) is 35.5 Å². The summed E-state index contributed by atoms with van der Waals surface area (Å²) < 4.78 is 10.9. The molecule has 0 spiro atoms. The van der Waals surface area contributed by atoms with Crippen molar-refractivity contribution in [1.82, 2.24) is 0 Å². The van der Waals surface area contributed by atoms with Gasteiger partial charge < -0.3 is 9.47 Å². The molecule has 1 saturated heterocycles. The second kappa shape index (κ2) is 4.78. The molecule has 104 valence electrons. The Morgan fingerprint density at radius 1 is 1.26 bits per heavy atom. The molecule has 5 atom stereocenters. The van der Waals surface area contributed by atoms with Gasteiger partial charge in [-0.15, -0.1) is 0 Å². The molecule has 0 N–H and O–H groups in total. The zero-order valence-corrected chi connectivity index (χ0v) is 11.6. The molecule has 0 aromatic rings. The third-order valence-electron chi connectivity index (χ3n) is 5.20. The van der Waals surface area contributed by atoms with E-state index in [1.165, 1.54) is 11.1 Å². The van der Waals surface area contributed by atoms with Crippen LogP contribution in [0, 0.1) is 23.7 Å². The van der Waals surface area contributed by atoms with Crippen LogP contribution in [0.1, 0.15) is 25.7 Å². The summed E-state index contributed by atoms with van der Waals surface area (Å²) in [7, 11) is 1.65. The Morgan fingerprint density at radius 2 is 2.00 bits per heavy atom. The SMILES string of the molecule is C=C1CCC2C(COC)C(=O)OC2C2C(=C)CCC12. The van der Waals surface area contributed by atoms with Gasteiger partial charge in [-0.2, -0.15) is 0 Å². The van der Waals surface area contributed by atoms with Gasteiger partial charge in [0.05, 0.1) is 12.5 Å². The summed E-state index contributed by atoms with van der Waals surface area (Å²) in [5.74, 6) is 0.856. The number of hydrogen-bond donors (Lipinski definition) is 0. The Hall–Kier alpha value is -1.09. The van der Waals surface area contributed by atoms with Crippen molar-refractivity contribution >= 4 is 5.97 Å². The molecule has 1 aliphatic heterocycles. The Kier molecular flexibility index (Phi) is 3.25. The highest BCUT2D eigenvalue weighted by molar-refractivity contribution is 5.75. The Balaban J connectivity index is 1.91. The molecule has 0 aromatic carbocycles. The van der Waals surface area contributed by atoms with Gasteiger partial charge in [-0.25, -0.2) is 0 Å². The number of ether oxygens (including phenoxy) is 2. The van der Waals surface area contributed by atoms with Gasteiger partial charge in [-0.3, -0.25) is 4.79 Å². The van der Waals surface area contributed by atoms with Crippen LogP contribution in [0.15, 0.2) is 24.3 Å². The maximum atomic E-state index is 12.1. The van der Waals surface area contributed by atoms with Crippen molar-refractivity contribution in [2.24, 2.45) is 23.7 Å². The van der Waals surface area contributed by atoms with Gasteiger partial charge in [0.25, 0.3) is 0 Å². The summed E-state index contributed by atoms with van der Waals surface area (Å²) in [5, 5.41) is 0. The predicted octanol–water partition coefficient (Wildman–Crippen LogP) is 2.72. The Morgan fingerprint density at radius 3 is 2.74 bits per heavy atom. The number of rotatable bonds is 2. The zero-order chi connectivity index (χ0) is 13.6. The smallest absolute Gasteiger partial charge is 0.312 e. The second-order valence-corrected chi connectivity index (χ2v) is 6.15. The van der Waals surface area contributed by atoms with Crippen LogP contribution in [0.4, 0.5) is 0 Å². The van der Waals surface area contributed by atoms with E-state index in [0.29, 0.717) is 18.4 Å². The van der Waals surface area contributed by atoms with Crippen LogP contribution in [0.5, 0.6) is 0 Å². The van der Waals surface area contributed by atoms with Crippen molar-refractivity contribution in [3.63, 3.8) is 0 Å². The van der Waals surface area contributed by atoms with E-state index in [1.807, 2.05) is 0 Å². The Labute approximate surface area is 114 Å². The van der Waals surface area contributed by atoms with Gasteiger partial charge in [0.2, 0.25) is 0 Å². The fraction of sp³-hybridized carbons (Fsp3) is 0.688. The first-order chi connectivity index (χ1) is 9.13. The first-order valence-electron chi connectivity index (χ1n) is 7.18. The molecule has 0 bridgehead atoms. The van der Waals surface area contributed by atoms with Crippen LogP contribution in [-0.4, -0.2) is 25.8 Å². The number of carbonyl (C=O) groups is 1. The molecule has 5 unspecified atom stereocenters. The molecule has 0 aromatic heterocycles. The van der Waals surface area contributed by atoms with Gasteiger partial charge in [0.1, 0.15) is 6.10 Å². The van der Waals surface area contributed by atoms with Crippen molar-refractivity contribution in [3.05, 3.63) is 24.3 Å². The number of fused-ring (bicyclic) bond motifs is 3. The van der Waals surface area contributed by atoms with Crippen LogP contribution < -0.4 is 0 Å². The lowest BCUT2D eigenvalue weighted by atomic mass is 9.80. The lowest BCUT2D eigenvalue weighted by Crippen LogP contribution is -2.30. The van der Waals surface area contributed by atoms with E-state index < -0.39 is 0 Å². The van der Waals surface area contributed by atoms with Gasteiger partial charge in [0, 0.05) is 18.9 Å². The minimum absolute atomic E-state index is 0.00639. The van der Waals surface area contributed by atoms with E-state index in [9.17, 15) is 4.79 Å². The van der Waals surface area contributed by atoms with Gasteiger partial charge in [-0.1, -0.05) is 24.3 Å². The summed E-state index contributed by atoms with van der Waals surface area (Å²) >= 11 is 0. The molecule has 2 saturated carbocycles. The third kappa shape index (κ3) is 1.95. The molecule has 0 amide bonds. The van der Waals surface area contributed by atoms with Crippen molar-refractivity contribution in [1.29, 1.82) is 0 Å². The summed E-state index contributed by atoms with van der Waals surface area (Å²) in [6.07, 6.45) is 4.17. The highest BCUT2D eigenvalue weighted by Gasteiger charge is 2.53. The summed E-state index contributed by atoms with van der Waals surface area (Å²) in [5.41, 5.74) is 2.57. The van der Waals surface area contributed by atoms with Crippen LogP contribution in [0.2, 0.25) is 0 Å². The average Bonchev–Trinajstić information content (AvgIpc) is 2.85. The van der Waals surface area contributed by atoms with Gasteiger partial charge >= 0.3 is 5.97 Å². The molecule has 3 nitrogen and oxygen atoms in total. The van der Waals surface area contributed by atoms with Crippen molar-refractivity contribution in [3.8, 4) is 0 Å². The van der Waals surface area contributed by atoms with Gasteiger partial charge in [0.15, 0.2) is 0 Å². The van der Waals surface area contributed by atoms with Crippen LogP contribution in [0.25, 0.3) is 0 Å². The quantitative estimate of drug-likeness (QED) is 0.567. The van der Waals surface area contributed by atoms with E-state index in [4.69, 9.17) is 9.47 Å². The molecule has 3 fully saturated rings. The summed E-state index contributed by atoms with van der Waals surface area (Å²) in [6, 6.07) is 0. The number of carbonyl (C=O) groups excluding carboxylic acids is 1. The average molecular weight is 262 g/mol. The molecule has 19 heavy (non-hydrogen) atoms. The first kappa shape index (κ1) is 12.9. The lowest BCUT2D eigenvalue weighted by Gasteiger charge is -2.26. The zero-order valence-electron chi connectivity index (χ0n) is 11.6. The Bertz CT molecular complexity index is 426. The minimum atomic E-state index is -0.102. The molecule has 3 heteroatoms. The number of methoxy groups -OCH3 is 1. The first-order valence-corrected chi connectivity index (χ1v) is 7.18. The number of esters is 1. The van der Waals surface area contributed by atoms with Gasteiger partial charge in [-0.05, 0) is 31.6 Å². The third-order valence-corrected chi connectivity index (χ3v) is 5.20. The molecule has 3 rings (SSSR count). The summed E-state index contributed by atoms with van der Waals surface area (Å²) in [6.45, 7) is 8.93. The molecule has 3 aliphatic rings. The normalized spacial score (nSPS) is 41.7. The lowest BCUT2D eigenvalue weighted by molar-refractivity contribution is -0.146. The molecular formula is C16H22O3. The molecular weight excluding hydrogens is 240 g/mol. The van der Waals surface area contributed by atoms with E-state index in [0.717, 1.165) is 25.7 Å². The fourth-order valence-electron chi connectivity index (χ4n) is 4.22. The van der Waals surface area contributed by atoms with E-state index in [-0.39, 0.29) is 23.9 Å². The van der Waals surface area contributed by atoms with Crippen molar-refractivity contribution in [2.45, 2.75) is 31.8 Å². The second-order valence-electron chi connectivity index (χ2n) is 6.15. The standard InChI is InChI=1S/C16H22O3/c1-9-4-7-12-13(8-18-3)16(17)19-15(12)14-10(2)5-6-11(9)14/h11-15H,1-2,4-8H2,3H3. The highest BCUT2D eigenvalue weighted by Crippen LogP contribution is 2.52. The van der Waals surface area contributed by atoms with Crippen LogP contribution in [-0.2, 0) is 14.3 Å². The maximum Gasteiger partial charge on any atom is 0.312 e. The largest absolute Gasteiger partial charge is 0.461 e. The monoisotopic (exact) mass is 262 g/mol. The molecule has 2 aliphatic carbocycles. The van der Waals surface area contributed by atoms with Crippen LogP contribution >= 0.6 is 0 Å². The van der Waals surface area contributed by atoms with E-state index in [1.54, 1.807) is 7.11 Å². The van der Waals surface area contributed by atoms with E-state index in [2.05, 4.69) is 13.2 Å². The van der Waals surface area contributed by atoms with Crippen molar-refractivity contribution < 1.29 is 14.3 Å². The predicted molar refractivity (Wildman–Crippen MR) is 72.5 cm³/mol. The van der Waals surface area contributed by atoms with Crippen molar-refractivity contribution in [2.75, 3.05) is 13.7 Å². The number of allylic oxidation sites excluding steroid dienone is 1. The minimum Gasteiger partial charge on any atom is -0.461 e. The van der Waals surface area contributed by atoms with E-state index >= 15 is 0 Å². The highest BCUT2D eigenvalue weighted by atomic mass is 16.6. The fourth-order valence-corrected chi connectivity index (χ4v) is 4.22. The summed E-state index contributed by atoms with van der Waals surface area (Å²) in [4.78, 5) is 12.1. The number of hydrogen-bond acceptors (Lipinski definition) is 3. The maximum absolute atomic E-state index is 12.1. The molecule has 0 radical (unpaired) electrons. The molecule has 1 heterocycles. The van der Waals surface area contributed by atoms with Crippen LogP contribution in [0.3, 0.4) is 0 Å².